The lowest BCUT2D eigenvalue weighted by atomic mass is 9.84. The average molecular weight is 318 g/mol. The molecule has 3 heterocycles. The number of hydrogen-bond donors (Lipinski definition) is 1. The van der Waals surface area contributed by atoms with Gasteiger partial charge in [-0.1, -0.05) is 17.8 Å². The Labute approximate surface area is 135 Å². The molecule has 0 aromatic heterocycles. The highest BCUT2D eigenvalue weighted by molar-refractivity contribution is 8.02. The number of carbonyl (C=O) groups excluding carboxylic acids is 1. The fourth-order valence-corrected chi connectivity index (χ4v) is 3.90. The van der Waals surface area contributed by atoms with Crippen molar-refractivity contribution in [2.45, 2.75) is 23.8 Å². The maximum Gasteiger partial charge on any atom is 0.244 e. The first kappa shape index (κ1) is 15.4. The summed E-state index contributed by atoms with van der Waals surface area (Å²) >= 11 is 1.52. The van der Waals surface area contributed by atoms with E-state index in [-0.39, 0.29) is 5.91 Å². The molecule has 0 unspecified atom stereocenters. The third-order valence-electron chi connectivity index (χ3n) is 4.45. The van der Waals surface area contributed by atoms with Crippen LogP contribution in [0.15, 0.2) is 40.6 Å². The largest absolute Gasteiger partial charge is 0.497 e. The van der Waals surface area contributed by atoms with Crippen LogP contribution in [0.4, 0.5) is 0 Å². The van der Waals surface area contributed by atoms with Crippen LogP contribution in [-0.4, -0.2) is 43.6 Å². The van der Waals surface area contributed by atoms with Gasteiger partial charge in [-0.25, -0.2) is 0 Å². The van der Waals surface area contributed by atoms with Gasteiger partial charge in [0.2, 0.25) is 5.91 Å². The topological polar surface area (TPSA) is 41.6 Å². The molecule has 3 aliphatic rings. The smallest absolute Gasteiger partial charge is 0.244 e. The van der Waals surface area contributed by atoms with Crippen molar-refractivity contribution in [1.82, 2.24) is 10.2 Å². The van der Waals surface area contributed by atoms with Crippen molar-refractivity contribution in [1.29, 1.82) is 0 Å². The third kappa shape index (κ3) is 3.84. The summed E-state index contributed by atoms with van der Waals surface area (Å²) in [5, 5.41) is 4.99. The molecule has 1 amide bonds. The van der Waals surface area contributed by atoms with Gasteiger partial charge in [-0.05, 0) is 55.5 Å². The van der Waals surface area contributed by atoms with E-state index in [1.165, 1.54) is 37.7 Å². The molecule has 22 heavy (non-hydrogen) atoms. The van der Waals surface area contributed by atoms with Crippen molar-refractivity contribution in [2.75, 3.05) is 26.7 Å². The summed E-state index contributed by atoms with van der Waals surface area (Å²) in [6.07, 6.45) is 4.06. The summed E-state index contributed by atoms with van der Waals surface area (Å²) in [5.41, 5.74) is 0. The van der Waals surface area contributed by atoms with Crippen LogP contribution in [-0.2, 0) is 4.79 Å². The highest BCUT2D eigenvalue weighted by atomic mass is 32.2. The van der Waals surface area contributed by atoms with E-state index in [1.54, 1.807) is 13.2 Å². The van der Waals surface area contributed by atoms with Crippen LogP contribution in [0.25, 0.3) is 0 Å². The molecule has 0 saturated carbocycles. The highest BCUT2D eigenvalue weighted by Crippen LogP contribution is 2.27. The van der Waals surface area contributed by atoms with Gasteiger partial charge < -0.3 is 15.0 Å². The van der Waals surface area contributed by atoms with E-state index >= 15 is 0 Å². The number of rotatable bonds is 5. The molecule has 1 aromatic carbocycles. The van der Waals surface area contributed by atoms with E-state index in [1.807, 2.05) is 29.7 Å². The summed E-state index contributed by atoms with van der Waals surface area (Å²) in [6.45, 7) is 3.39. The number of fused-ring (bicyclic) bond motifs is 3. The second-order valence-corrected chi connectivity index (χ2v) is 6.83. The highest BCUT2D eigenvalue weighted by Gasteiger charge is 2.34. The number of ether oxygens (including phenoxy) is 1. The quantitative estimate of drug-likeness (QED) is 0.669. The predicted molar refractivity (Wildman–Crippen MR) is 89.1 cm³/mol. The van der Waals surface area contributed by atoms with E-state index in [4.69, 9.17) is 4.74 Å². The normalized spacial score (nSPS) is 27.0. The lowest BCUT2D eigenvalue weighted by molar-refractivity contribution is -0.118. The molecule has 0 radical (unpaired) electrons. The second kappa shape index (κ2) is 7.20. The summed E-state index contributed by atoms with van der Waals surface area (Å²) in [6, 6.07) is 8.14. The Morgan fingerprint density at radius 3 is 2.91 bits per heavy atom. The summed E-state index contributed by atoms with van der Waals surface area (Å²) in [5.74, 6) is 1.50. The molecule has 118 valence electrons. The van der Waals surface area contributed by atoms with Crippen LogP contribution < -0.4 is 10.1 Å². The van der Waals surface area contributed by atoms with E-state index in [9.17, 15) is 4.79 Å². The molecule has 5 heteroatoms. The van der Waals surface area contributed by atoms with Crippen LogP contribution in [0.5, 0.6) is 5.75 Å². The van der Waals surface area contributed by atoms with Crippen LogP contribution in [0.2, 0.25) is 0 Å². The van der Waals surface area contributed by atoms with Gasteiger partial charge in [0, 0.05) is 23.6 Å². The summed E-state index contributed by atoms with van der Waals surface area (Å²) < 4.78 is 5.19. The van der Waals surface area contributed by atoms with E-state index in [0.717, 1.165) is 17.2 Å². The zero-order valence-electron chi connectivity index (χ0n) is 12.8. The van der Waals surface area contributed by atoms with Crippen LogP contribution in [0, 0.1) is 5.92 Å². The number of benzene rings is 1. The molecule has 0 aliphatic carbocycles. The van der Waals surface area contributed by atoms with Gasteiger partial charge in [0.15, 0.2) is 0 Å². The van der Waals surface area contributed by atoms with Crippen LogP contribution in [0.1, 0.15) is 12.8 Å². The Morgan fingerprint density at radius 1 is 1.41 bits per heavy atom. The number of methoxy groups -OCH3 is 1. The van der Waals surface area contributed by atoms with Gasteiger partial charge in [-0.15, -0.1) is 0 Å². The lowest BCUT2D eigenvalue weighted by Crippen LogP contribution is -2.57. The number of nitrogens with one attached hydrogen (secondary N) is 1. The molecule has 3 saturated heterocycles. The minimum Gasteiger partial charge on any atom is -0.497 e. The van der Waals surface area contributed by atoms with Gasteiger partial charge in [0.25, 0.3) is 0 Å². The minimum absolute atomic E-state index is 0.00847. The molecule has 3 aliphatic heterocycles. The maximum atomic E-state index is 12.0. The Morgan fingerprint density at radius 2 is 2.23 bits per heavy atom. The number of nitrogens with zero attached hydrogens (tertiary/aromatic N) is 1. The molecule has 0 spiro atoms. The van der Waals surface area contributed by atoms with Crippen LogP contribution >= 0.6 is 11.8 Å². The lowest BCUT2D eigenvalue weighted by Gasteiger charge is -2.44. The number of amides is 1. The minimum atomic E-state index is 0.00847. The zero-order valence-corrected chi connectivity index (χ0v) is 13.6. The summed E-state index contributed by atoms with van der Waals surface area (Å²) in [7, 11) is 1.65. The van der Waals surface area contributed by atoms with Gasteiger partial charge >= 0.3 is 0 Å². The number of carbonyl (C=O) groups is 1. The Bertz CT molecular complexity index is 553. The van der Waals surface area contributed by atoms with Crippen molar-refractivity contribution in [3.05, 3.63) is 35.7 Å². The Kier molecular flexibility index (Phi) is 5.05. The predicted octanol–water partition coefficient (Wildman–Crippen LogP) is 2.51. The first-order chi connectivity index (χ1) is 10.7. The molecule has 2 bridgehead atoms. The van der Waals surface area contributed by atoms with E-state index in [2.05, 4.69) is 10.2 Å². The maximum absolute atomic E-state index is 12.0. The van der Waals surface area contributed by atoms with Crippen LogP contribution in [0.3, 0.4) is 0 Å². The first-order valence-electron chi connectivity index (χ1n) is 7.75. The van der Waals surface area contributed by atoms with Crippen molar-refractivity contribution < 1.29 is 9.53 Å². The molecule has 1 atom stereocenters. The second-order valence-electron chi connectivity index (χ2n) is 5.85. The summed E-state index contributed by atoms with van der Waals surface area (Å²) in [4.78, 5) is 15.6. The fourth-order valence-electron chi connectivity index (χ4n) is 3.21. The molecule has 1 aromatic rings. The van der Waals surface area contributed by atoms with Gasteiger partial charge in [0.05, 0.1) is 7.11 Å². The SMILES string of the molecule is COc1cccc(S/C=C\C(=O)N[C@H]2CN3CCC2CC3)c1. The molecule has 1 N–H and O–H groups in total. The molecule has 4 rings (SSSR count). The molecular formula is C17H22N2O2S. The number of hydrogen-bond acceptors (Lipinski definition) is 4. The molecule has 3 fully saturated rings. The molecular weight excluding hydrogens is 296 g/mol. The zero-order chi connectivity index (χ0) is 15.4. The van der Waals surface area contributed by atoms with E-state index in [0.29, 0.717) is 12.0 Å². The van der Waals surface area contributed by atoms with Gasteiger partial charge in [-0.2, -0.15) is 0 Å². The van der Waals surface area contributed by atoms with Crippen molar-refractivity contribution in [3.63, 3.8) is 0 Å². The van der Waals surface area contributed by atoms with Gasteiger partial charge in [0.1, 0.15) is 5.75 Å². The number of thioether (sulfide) groups is 1. The number of piperidine rings is 3. The third-order valence-corrected chi connectivity index (χ3v) is 5.25. The van der Waals surface area contributed by atoms with Crippen molar-refractivity contribution >= 4 is 17.7 Å². The Balaban J connectivity index is 1.49. The van der Waals surface area contributed by atoms with Crippen molar-refractivity contribution in [2.24, 2.45) is 5.92 Å². The first-order valence-corrected chi connectivity index (χ1v) is 8.62. The molecule has 4 nitrogen and oxygen atoms in total. The Hall–Kier alpha value is -1.46. The van der Waals surface area contributed by atoms with Gasteiger partial charge in [-0.3, -0.25) is 4.79 Å². The fraction of sp³-hybridized carbons (Fsp3) is 0.471. The standard InChI is InChI=1S/C17H22N2O2S/c1-21-14-3-2-4-15(11-14)22-10-7-17(20)18-16-12-19-8-5-13(16)6-9-19/h2-4,7,10-11,13,16H,5-6,8-9,12H2,1H3,(H,18,20)/b10-7-/t16-/m0/s1. The van der Waals surface area contributed by atoms with E-state index < -0.39 is 0 Å². The monoisotopic (exact) mass is 318 g/mol. The average Bonchev–Trinajstić information content (AvgIpc) is 2.56. The van der Waals surface area contributed by atoms with Crippen molar-refractivity contribution in [3.8, 4) is 5.75 Å².